The molecule has 1 aliphatic rings. The molecule has 0 radical (unpaired) electrons. The smallest absolute Gasteiger partial charge is 0.315 e. The Kier molecular flexibility index (Phi) is 6.41. The van der Waals surface area contributed by atoms with Crippen molar-refractivity contribution in [2.75, 3.05) is 0 Å². The summed E-state index contributed by atoms with van der Waals surface area (Å²) in [6.07, 6.45) is 4.05. The van der Waals surface area contributed by atoms with E-state index >= 15 is 0 Å². The zero-order valence-corrected chi connectivity index (χ0v) is 15.2. The lowest BCUT2D eigenvalue weighted by molar-refractivity contribution is -0.142. The Morgan fingerprint density at radius 2 is 1.86 bits per heavy atom. The van der Waals surface area contributed by atoms with Gasteiger partial charge in [-0.15, -0.1) is 0 Å². The van der Waals surface area contributed by atoms with Crippen molar-refractivity contribution in [3.8, 4) is 11.6 Å². The molecule has 3 N–H and O–H groups in total. The van der Waals surface area contributed by atoms with E-state index in [2.05, 4.69) is 15.6 Å². The number of hydrogen-bond donors (Lipinski definition) is 3. The highest BCUT2D eigenvalue weighted by Crippen LogP contribution is 2.24. The monoisotopic (exact) mass is 387 g/mol. The summed E-state index contributed by atoms with van der Waals surface area (Å²) >= 11 is 0. The van der Waals surface area contributed by atoms with Crippen LogP contribution in [0.5, 0.6) is 11.6 Å². The van der Waals surface area contributed by atoms with Crippen LogP contribution in [-0.4, -0.2) is 28.1 Å². The summed E-state index contributed by atoms with van der Waals surface area (Å²) in [6.45, 7) is 0.290. The molecule has 1 saturated carbocycles. The Labute approximate surface area is 161 Å². The second-order valence-corrected chi connectivity index (χ2v) is 6.77. The van der Waals surface area contributed by atoms with Crippen LogP contribution < -0.4 is 15.4 Å². The Morgan fingerprint density at radius 3 is 2.54 bits per heavy atom. The van der Waals surface area contributed by atoms with Gasteiger partial charge in [-0.25, -0.2) is 14.2 Å². The number of pyridine rings is 1. The number of urea groups is 1. The average molecular weight is 387 g/mol. The molecule has 1 aliphatic carbocycles. The molecule has 0 aliphatic heterocycles. The lowest BCUT2D eigenvalue weighted by Crippen LogP contribution is -2.43. The van der Waals surface area contributed by atoms with Gasteiger partial charge >= 0.3 is 12.0 Å². The van der Waals surface area contributed by atoms with Crippen LogP contribution in [0.3, 0.4) is 0 Å². The molecular formula is C20H22FN3O4. The normalized spacial score (nSPS) is 18.9. The van der Waals surface area contributed by atoms with E-state index in [-0.39, 0.29) is 23.8 Å². The molecule has 1 aromatic heterocycles. The number of aliphatic carboxylic acids is 1. The molecule has 7 nitrogen and oxygen atoms in total. The van der Waals surface area contributed by atoms with Gasteiger partial charge in [0.05, 0.1) is 5.92 Å². The fourth-order valence-electron chi connectivity index (χ4n) is 3.14. The van der Waals surface area contributed by atoms with Crippen molar-refractivity contribution in [2.45, 2.75) is 38.3 Å². The zero-order valence-electron chi connectivity index (χ0n) is 15.2. The van der Waals surface area contributed by atoms with Crippen LogP contribution in [0.2, 0.25) is 0 Å². The molecule has 28 heavy (non-hydrogen) atoms. The van der Waals surface area contributed by atoms with Gasteiger partial charge in [-0.2, -0.15) is 0 Å². The Balaban J connectivity index is 1.46. The number of nitrogens with zero attached hydrogens (tertiary/aromatic N) is 1. The largest absolute Gasteiger partial charge is 0.481 e. The summed E-state index contributed by atoms with van der Waals surface area (Å²) in [5.74, 6) is -0.607. The summed E-state index contributed by atoms with van der Waals surface area (Å²) in [5.41, 5.74) is 0.803. The lowest BCUT2D eigenvalue weighted by atomic mass is 9.86. The maximum Gasteiger partial charge on any atom is 0.315 e. The van der Waals surface area contributed by atoms with Crippen molar-refractivity contribution in [3.05, 3.63) is 54.0 Å². The number of nitrogens with one attached hydrogen (secondary N) is 2. The highest BCUT2D eigenvalue weighted by Gasteiger charge is 2.26. The van der Waals surface area contributed by atoms with Crippen LogP contribution in [0, 0.1) is 11.7 Å². The van der Waals surface area contributed by atoms with Gasteiger partial charge in [-0.05, 0) is 61.6 Å². The number of benzene rings is 1. The van der Waals surface area contributed by atoms with Gasteiger partial charge in [-0.3, -0.25) is 4.79 Å². The van der Waals surface area contributed by atoms with E-state index in [1.807, 2.05) is 0 Å². The highest BCUT2D eigenvalue weighted by molar-refractivity contribution is 5.74. The number of amides is 2. The molecule has 0 atom stereocenters. The molecular weight excluding hydrogens is 365 g/mol. The summed E-state index contributed by atoms with van der Waals surface area (Å²) < 4.78 is 18.5. The van der Waals surface area contributed by atoms with E-state index in [9.17, 15) is 14.0 Å². The van der Waals surface area contributed by atoms with Gasteiger partial charge in [0.1, 0.15) is 11.6 Å². The first kappa shape index (κ1) is 19.6. The van der Waals surface area contributed by atoms with Crippen LogP contribution in [0.25, 0.3) is 0 Å². The van der Waals surface area contributed by atoms with Crippen molar-refractivity contribution in [1.82, 2.24) is 15.6 Å². The number of carboxylic acids is 1. The van der Waals surface area contributed by atoms with Crippen molar-refractivity contribution in [1.29, 1.82) is 0 Å². The van der Waals surface area contributed by atoms with Crippen molar-refractivity contribution in [3.63, 3.8) is 0 Å². The van der Waals surface area contributed by atoms with E-state index in [1.54, 1.807) is 18.3 Å². The third kappa shape index (κ3) is 5.67. The predicted octanol–water partition coefficient (Wildman–Crippen LogP) is 3.46. The Hall–Kier alpha value is -3.16. The van der Waals surface area contributed by atoms with Gasteiger partial charge < -0.3 is 20.5 Å². The first-order valence-corrected chi connectivity index (χ1v) is 9.15. The van der Waals surface area contributed by atoms with Gasteiger partial charge in [-0.1, -0.05) is 0 Å². The molecule has 1 fully saturated rings. The number of halogens is 1. The number of rotatable bonds is 6. The van der Waals surface area contributed by atoms with Crippen LogP contribution in [0.4, 0.5) is 9.18 Å². The molecule has 0 unspecified atom stereocenters. The molecule has 1 heterocycles. The number of carbonyl (C=O) groups excluding carboxylic acids is 1. The first-order chi connectivity index (χ1) is 13.5. The maximum atomic E-state index is 12.9. The highest BCUT2D eigenvalue weighted by atomic mass is 19.1. The van der Waals surface area contributed by atoms with Gasteiger partial charge in [0.2, 0.25) is 5.88 Å². The standard InChI is InChI=1S/C20H22FN3O4/c21-15-3-7-17(8-4-15)28-18-11-13(9-10-22-18)12-23-20(27)24-16-5-1-14(2-6-16)19(25)26/h3-4,7-11,14,16H,1-2,5-6,12H2,(H,25,26)(H2,23,24,27). The van der Waals surface area contributed by atoms with Crippen molar-refractivity contribution >= 4 is 12.0 Å². The topological polar surface area (TPSA) is 101 Å². The molecule has 0 spiro atoms. The lowest BCUT2D eigenvalue weighted by Gasteiger charge is -2.26. The Morgan fingerprint density at radius 1 is 1.14 bits per heavy atom. The van der Waals surface area contributed by atoms with Gasteiger partial charge in [0.15, 0.2) is 0 Å². The van der Waals surface area contributed by atoms with Crippen LogP contribution >= 0.6 is 0 Å². The van der Waals surface area contributed by atoms with E-state index in [4.69, 9.17) is 9.84 Å². The SMILES string of the molecule is O=C(NCc1ccnc(Oc2ccc(F)cc2)c1)NC1CCC(C(=O)O)CC1. The van der Waals surface area contributed by atoms with Gasteiger partial charge in [0.25, 0.3) is 0 Å². The third-order valence-corrected chi connectivity index (χ3v) is 4.70. The fraction of sp³-hybridized carbons (Fsp3) is 0.350. The number of ether oxygens (including phenoxy) is 1. The molecule has 0 bridgehead atoms. The molecule has 3 rings (SSSR count). The van der Waals surface area contributed by atoms with Gasteiger partial charge in [0, 0.05) is 24.8 Å². The minimum atomic E-state index is -0.765. The number of carbonyl (C=O) groups is 2. The van der Waals surface area contributed by atoms with Crippen LogP contribution in [0.1, 0.15) is 31.2 Å². The second-order valence-electron chi connectivity index (χ2n) is 6.77. The van der Waals surface area contributed by atoms with E-state index in [0.29, 0.717) is 43.9 Å². The second kappa shape index (κ2) is 9.16. The number of hydrogen-bond acceptors (Lipinski definition) is 4. The Bertz CT molecular complexity index is 820. The average Bonchev–Trinajstić information content (AvgIpc) is 2.69. The zero-order chi connectivity index (χ0) is 19.9. The molecule has 2 amide bonds. The first-order valence-electron chi connectivity index (χ1n) is 9.15. The quantitative estimate of drug-likeness (QED) is 0.705. The van der Waals surface area contributed by atoms with E-state index < -0.39 is 5.97 Å². The minimum Gasteiger partial charge on any atom is -0.481 e. The molecule has 0 saturated heterocycles. The summed E-state index contributed by atoms with van der Waals surface area (Å²) in [7, 11) is 0. The van der Waals surface area contributed by atoms with E-state index in [0.717, 1.165) is 5.56 Å². The number of aromatic nitrogens is 1. The summed E-state index contributed by atoms with van der Waals surface area (Å²) in [5, 5.41) is 14.7. The molecule has 1 aromatic carbocycles. The molecule has 148 valence electrons. The number of carboxylic acid groups (broad SMARTS) is 1. The summed E-state index contributed by atoms with van der Waals surface area (Å²) in [6, 6.07) is 8.77. The maximum absolute atomic E-state index is 12.9. The van der Waals surface area contributed by atoms with Crippen molar-refractivity contribution < 1.29 is 23.8 Å². The molecule has 2 aromatic rings. The van der Waals surface area contributed by atoms with Crippen LogP contribution in [0.15, 0.2) is 42.6 Å². The molecule has 8 heteroatoms. The minimum absolute atomic E-state index is 0.00888. The predicted molar refractivity (Wildman–Crippen MR) is 99.5 cm³/mol. The third-order valence-electron chi connectivity index (χ3n) is 4.70. The van der Waals surface area contributed by atoms with Crippen molar-refractivity contribution in [2.24, 2.45) is 5.92 Å². The van der Waals surface area contributed by atoms with Crippen LogP contribution in [-0.2, 0) is 11.3 Å². The summed E-state index contributed by atoms with van der Waals surface area (Å²) in [4.78, 5) is 27.2. The van der Waals surface area contributed by atoms with E-state index in [1.165, 1.54) is 24.3 Å². The fourth-order valence-corrected chi connectivity index (χ4v) is 3.14.